The smallest absolute Gasteiger partial charge is 0.260 e. The molecule has 4 rings (SSSR count). The van der Waals surface area contributed by atoms with E-state index in [2.05, 4.69) is 15.2 Å². The molecule has 1 aliphatic heterocycles. The molecule has 1 amide bonds. The van der Waals surface area contributed by atoms with Gasteiger partial charge in [-0.25, -0.2) is 14.4 Å². The van der Waals surface area contributed by atoms with Crippen LogP contribution in [0.2, 0.25) is 5.02 Å². The number of fused-ring (bicyclic) bond motifs is 1. The van der Waals surface area contributed by atoms with Crippen LogP contribution in [0, 0.1) is 12.7 Å². The van der Waals surface area contributed by atoms with Crippen LogP contribution in [0.5, 0.6) is 5.75 Å². The Morgan fingerprint density at radius 3 is 2.64 bits per heavy atom. The zero-order valence-corrected chi connectivity index (χ0v) is 22.8. The van der Waals surface area contributed by atoms with E-state index in [9.17, 15) is 4.79 Å². The molecular formula is C25H30ClFN5O3Si. The van der Waals surface area contributed by atoms with Crippen molar-refractivity contribution in [3.8, 4) is 5.75 Å². The van der Waals surface area contributed by atoms with Crippen LogP contribution >= 0.6 is 11.6 Å². The van der Waals surface area contributed by atoms with Gasteiger partial charge in [0.1, 0.15) is 28.5 Å². The van der Waals surface area contributed by atoms with Gasteiger partial charge in [0.25, 0.3) is 5.91 Å². The van der Waals surface area contributed by atoms with Crippen LogP contribution in [-0.2, 0) is 9.78 Å². The zero-order valence-electron chi connectivity index (χ0n) is 21.1. The Labute approximate surface area is 218 Å². The van der Waals surface area contributed by atoms with Crippen molar-refractivity contribution in [3.63, 3.8) is 0 Å². The van der Waals surface area contributed by atoms with Crippen molar-refractivity contribution in [2.45, 2.75) is 57.8 Å². The van der Waals surface area contributed by atoms with Gasteiger partial charge in [-0.05, 0) is 39.7 Å². The van der Waals surface area contributed by atoms with Crippen LogP contribution < -0.4 is 10.5 Å². The van der Waals surface area contributed by atoms with Gasteiger partial charge in [0.15, 0.2) is 5.82 Å². The Balaban J connectivity index is 1.90. The number of anilines is 1. The second-order valence-corrected chi connectivity index (χ2v) is 10.9. The lowest BCUT2D eigenvalue weighted by Gasteiger charge is -2.33. The van der Waals surface area contributed by atoms with Crippen LogP contribution in [0.4, 0.5) is 10.2 Å². The molecule has 3 heterocycles. The Morgan fingerprint density at radius 2 is 2.03 bits per heavy atom. The molecule has 0 bridgehead atoms. The summed E-state index contributed by atoms with van der Waals surface area (Å²) < 4.78 is 29.0. The van der Waals surface area contributed by atoms with Crippen molar-refractivity contribution >= 4 is 39.1 Å². The first-order chi connectivity index (χ1) is 17.0. The highest BCUT2D eigenvalue weighted by atomic mass is 35.5. The molecule has 1 fully saturated rings. The van der Waals surface area contributed by atoms with Crippen LogP contribution in [0.3, 0.4) is 0 Å². The Morgan fingerprint density at radius 1 is 1.36 bits per heavy atom. The van der Waals surface area contributed by atoms with Gasteiger partial charge in [-0.2, -0.15) is 0 Å². The van der Waals surface area contributed by atoms with Gasteiger partial charge in [0.2, 0.25) is 0 Å². The first-order valence-corrected chi connectivity index (χ1v) is 12.7. The maximum Gasteiger partial charge on any atom is 0.260 e. The summed E-state index contributed by atoms with van der Waals surface area (Å²) in [7, 11) is 5.53. The number of rotatable bonds is 6. The van der Waals surface area contributed by atoms with Gasteiger partial charge in [-0.15, -0.1) is 0 Å². The highest BCUT2D eigenvalue weighted by molar-refractivity contribution is 6.31. The lowest BCUT2D eigenvalue weighted by atomic mass is 9.93. The van der Waals surface area contributed by atoms with Crippen LogP contribution in [0.1, 0.15) is 61.1 Å². The predicted octanol–water partition coefficient (Wildman–Crippen LogP) is 3.88. The molecule has 0 saturated carbocycles. The molecule has 36 heavy (non-hydrogen) atoms. The van der Waals surface area contributed by atoms with E-state index < -0.39 is 16.8 Å². The number of hydrogen-bond acceptors (Lipinski definition) is 6. The predicted molar refractivity (Wildman–Crippen MR) is 137 cm³/mol. The van der Waals surface area contributed by atoms with E-state index >= 15 is 4.39 Å². The summed E-state index contributed by atoms with van der Waals surface area (Å²) in [4.78, 5) is 24.2. The number of ether oxygens (including phenoxy) is 2. The molecule has 2 aromatic heterocycles. The number of hydrogen-bond donors (Lipinski definition) is 1. The topological polar surface area (TPSA) is 95.0 Å². The number of nitrogens with two attached hydrogens (primary N) is 1. The molecule has 0 spiro atoms. The van der Waals surface area contributed by atoms with Crippen molar-refractivity contribution in [3.05, 3.63) is 51.9 Å². The van der Waals surface area contributed by atoms with Crippen molar-refractivity contribution in [1.82, 2.24) is 19.3 Å². The third-order valence-corrected chi connectivity index (χ3v) is 7.31. The lowest BCUT2D eigenvalue weighted by Crippen LogP contribution is -2.41. The van der Waals surface area contributed by atoms with E-state index in [1.54, 1.807) is 24.4 Å². The maximum absolute atomic E-state index is 15.6. The number of aromatic nitrogens is 3. The third-order valence-electron chi connectivity index (χ3n) is 6.55. The second-order valence-electron chi connectivity index (χ2n) is 9.49. The molecule has 3 aromatic rings. The minimum atomic E-state index is -1.04. The van der Waals surface area contributed by atoms with E-state index in [1.165, 1.54) is 6.07 Å². The molecule has 1 atom stereocenters. The van der Waals surface area contributed by atoms with Gasteiger partial charge in [-0.1, -0.05) is 18.5 Å². The number of nitrogens with zero attached hydrogens (tertiary/aromatic N) is 4. The van der Waals surface area contributed by atoms with Gasteiger partial charge in [0, 0.05) is 53.4 Å². The second kappa shape index (κ2) is 9.99. The summed E-state index contributed by atoms with van der Waals surface area (Å²) in [6, 6.07) is 1.48. The molecule has 1 aromatic carbocycles. The molecule has 8 nitrogen and oxygen atoms in total. The maximum atomic E-state index is 15.6. The molecular weight excluding hydrogens is 501 g/mol. The SMILES string of the molecule is COC1CCN(C(=O)c2c(F)c(Cl)cc([C@](C)([Si])c3nc(C)c4c(N)nccn34)c2OC(C)C)CC1. The van der Waals surface area contributed by atoms with Gasteiger partial charge < -0.3 is 20.1 Å². The summed E-state index contributed by atoms with van der Waals surface area (Å²) in [5.41, 5.74) is 7.73. The number of carbonyl (C=O) groups excluding carboxylic acids is 1. The Bertz CT molecular complexity index is 1300. The molecule has 0 aliphatic carbocycles. The average Bonchev–Trinajstić information content (AvgIpc) is 3.19. The standard InChI is InChI=1S/C25H30ClFN5O3Si/c1-13(2)35-21-16(25(4,36)24-30-14(3)20-22(28)29-8-11-32(20)24)12-17(26)19(27)18(21)23(33)31-9-6-15(34-5)7-10-31/h8,11-13,15H,6-7,9-10H2,1-5H3,(H2,28,29)/t25-/m0/s1. The monoisotopic (exact) mass is 530 g/mol. The van der Waals surface area contributed by atoms with Crippen molar-refractivity contribution in [1.29, 1.82) is 0 Å². The van der Waals surface area contributed by atoms with E-state index in [-0.39, 0.29) is 28.5 Å². The number of nitrogen functional groups attached to an aromatic ring is 1. The summed E-state index contributed by atoms with van der Waals surface area (Å²) in [6.45, 7) is 8.22. The highest BCUT2D eigenvalue weighted by Gasteiger charge is 2.38. The Hall–Kier alpha value is -2.69. The normalized spacial score (nSPS) is 16.5. The van der Waals surface area contributed by atoms with E-state index in [4.69, 9.17) is 31.8 Å². The minimum absolute atomic E-state index is 0.0737. The number of halogens is 2. The van der Waals surface area contributed by atoms with Crippen molar-refractivity contribution in [2.24, 2.45) is 0 Å². The summed E-state index contributed by atoms with van der Waals surface area (Å²) in [6.07, 6.45) is 4.40. The Kier molecular flexibility index (Phi) is 7.32. The van der Waals surface area contributed by atoms with E-state index in [0.717, 1.165) is 0 Å². The number of benzene rings is 1. The number of likely N-dealkylation sites (tertiary alicyclic amines) is 1. The number of aryl methyl sites for hydroxylation is 1. The van der Waals surface area contributed by atoms with Crippen LogP contribution in [0.15, 0.2) is 18.5 Å². The number of imidazole rings is 1. The minimum Gasteiger partial charge on any atom is -0.490 e. The molecule has 0 unspecified atom stereocenters. The van der Waals surface area contributed by atoms with E-state index in [1.807, 2.05) is 32.1 Å². The summed E-state index contributed by atoms with van der Waals surface area (Å²) in [5, 5.41) is -1.22. The number of carbonyl (C=O) groups is 1. The average molecular weight is 531 g/mol. The number of amides is 1. The van der Waals surface area contributed by atoms with Crippen LogP contribution in [0.25, 0.3) is 5.52 Å². The lowest BCUT2D eigenvalue weighted by molar-refractivity contribution is 0.0345. The highest BCUT2D eigenvalue weighted by Crippen LogP contribution is 2.42. The fraction of sp³-hybridized carbons (Fsp3) is 0.480. The molecule has 11 heteroatoms. The van der Waals surface area contributed by atoms with E-state index in [0.29, 0.717) is 54.3 Å². The van der Waals surface area contributed by atoms with Crippen molar-refractivity contribution in [2.75, 3.05) is 25.9 Å². The fourth-order valence-corrected chi connectivity index (χ4v) is 5.26. The van der Waals surface area contributed by atoms with Gasteiger partial charge >= 0.3 is 0 Å². The summed E-state index contributed by atoms with van der Waals surface area (Å²) in [5.74, 6) is -0.269. The first kappa shape index (κ1) is 26.4. The van der Waals surface area contributed by atoms with Crippen molar-refractivity contribution < 1.29 is 18.7 Å². The van der Waals surface area contributed by atoms with Crippen LogP contribution in [-0.4, -0.2) is 67.8 Å². The molecule has 3 radical (unpaired) electrons. The number of methoxy groups -OCH3 is 1. The first-order valence-electron chi connectivity index (χ1n) is 11.8. The fourth-order valence-electron chi connectivity index (χ4n) is 4.70. The number of piperidine rings is 1. The quantitative estimate of drug-likeness (QED) is 0.486. The molecule has 1 saturated heterocycles. The summed E-state index contributed by atoms with van der Waals surface area (Å²) >= 11 is 6.40. The largest absolute Gasteiger partial charge is 0.490 e. The molecule has 2 N–H and O–H groups in total. The third kappa shape index (κ3) is 4.57. The van der Waals surface area contributed by atoms with Gasteiger partial charge in [0.05, 0.1) is 22.9 Å². The zero-order chi connectivity index (χ0) is 26.4. The van der Waals surface area contributed by atoms with Gasteiger partial charge in [-0.3, -0.25) is 9.20 Å². The molecule has 1 aliphatic rings. The molecule has 191 valence electrons.